The Hall–Kier alpha value is -2.35. The number of nitrogens with zero attached hydrogens (tertiary/aromatic N) is 3. The second-order valence-electron chi connectivity index (χ2n) is 5.48. The van der Waals surface area contributed by atoms with E-state index in [1.165, 1.54) is 4.90 Å². The molecule has 1 aliphatic carbocycles. The minimum atomic E-state index is -0.626. The minimum absolute atomic E-state index is 0.139. The summed E-state index contributed by atoms with van der Waals surface area (Å²) in [5, 5.41) is 8.95. The second kappa shape index (κ2) is 4.07. The van der Waals surface area contributed by atoms with Crippen LogP contribution in [0.3, 0.4) is 0 Å². The van der Waals surface area contributed by atoms with E-state index in [1.54, 1.807) is 37.1 Å². The van der Waals surface area contributed by atoms with E-state index in [-0.39, 0.29) is 11.9 Å². The Kier molecular flexibility index (Phi) is 2.58. The first-order valence-electron chi connectivity index (χ1n) is 6.64. The van der Waals surface area contributed by atoms with Gasteiger partial charge in [0.05, 0.1) is 17.3 Å². The van der Waals surface area contributed by atoms with Crippen molar-refractivity contribution in [1.29, 1.82) is 5.26 Å². The Balaban J connectivity index is 2.03. The molecule has 5 heteroatoms. The van der Waals surface area contributed by atoms with Gasteiger partial charge in [-0.2, -0.15) is 5.26 Å². The van der Waals surface area contributed by atoms with Crippen LogP contribution >= 0.6 is 0 Å². The molecule has 20 heavy (non-hydrogen) atoms. The van der Waals surface area contributed by atoms with Crippen LogP contribution in [-0.4, -0.2) is 29.4 Å². The largest absolute Gasteiger partial charge is 0.332 e. The molecular formula is C15H15N3O2. The Morgan fingerprint density at radius 1 is 1.30 bits per heavy atom. The Morgan fingerprint density at radius 3 is 2.45 bits per heavy atom. The van der Waals surface area contributed by atoms with Crippen molar-refractivity contribution in [2.24, 2.45) is 0 Å². The number of likely N-dealkylation sites (N-methyl/N-ethyl adjacent to an activating group) is 1. The molecule has 1 aromatic rings. The highest BCUT2D eigenvalue weighted by Crippen LogP contribution is 2.44. The van der Waals surface area contributed by atoms with Crippen LogP contribution in [0.25, 0.3) is 0 Å². The summed E-state index contributed by atoms with van der Waals surface area (Å²) in [6, 6.07) is 6.84. The summed E-state index contributed by atoms with van der Waals surface area (Å²) < 4.78 is 0. The van der Waals surface area contributed by atoms with Gasteiger partial charge in [-0.15, -0.1) is 0 Å². The van der Waals surface area contributed by atoms with Crippen molar-refractivity contribution in [3.63, 3.8) is 0 Å². The molecular weight excluding hydrogens is 254 g/mol. The summed E-state index contributed by atoms with van der Waals surface area (Å²) in [5.74, 6) is -0.139. The zero-order valence-corrected chi connectivity index (χ0v) is 11.5. The number of hydrogen-bond donors (Lipinski definition) is 0. The second-order valence-corrected chi connectivity index (χ2v) is 5.48. The summed E-state index contributed by atoms with van der Waals surface area (Å²) in [6.07, 6.45) is 2.45. The number of carbonyl (C=O) groups is 2. The third-order valence-electron chi connectivity index (χ3n) is 4.49. The van der Waals surface area contributed by atoms with Gasteiger partial charge in [-0.05, 0) is 49.9 Å². The van der Waals surface area contributed by atoms with Gasteiger partial charge in [0.1, 0.15) is 5.54 Å². The maximum atomic E-state index is 12.6. The summed E-state index contributed by atoms with van der Waals surface area (Å²) in [7, 11) is 1.69. The van der Waals surface area contributed by atoms with E-state index in [2.05, 4.69) is 6.07 Å². The summed E-state index contributed by atoms with van der Waals surface area (Å²) in [6.45, 7) is 1.80. The van der Waals surface area contributed by atoms with Crippen LogP contribution in [0, 0.1) is 18.3 Å². The molecule has 2 fully saturated rings. The molecule has 0 N–H and O–H groups in total. The number of amides is 3. The maximum absolute atomic E-state index is 12.6. The first-order valence-corrected chi connectivity index (χ1v) is 6.64. The quantitative estimate of drug-likeness (QED) is 0.734. The molecule has 3 rings (SSSR count). The lowest BCUT2D eigenvalue weighted by molar-refractivity contribution is -0.128. The van der Waals surface area contributed by atoms with Crippen LogP contribution in [0.5, 0.6) is 0 Å². The lowest BCUT2D eigenvalue weighted by atomic mass is 9.76. The van der Waals surface area contributed by atoms with Gasteiger partial charge >= 0.3 is 6.03 Å². The average Bonchev–Trinajstić information content (AvgIpc) is 2.57. The van der Waals surface area contributed by atoms with Crippen LogP contribution in [-0.2, 0) is 4.79 Å². The van der Waals surface area contributed by atoms with Crippen LogP contribution in [0.4, 0.5) is 10.5 Å². The van der Waals surface area contributed by atoms with Crippen molar-refractivity contribution >= 4 is 17.6 Å². The molecule has 102 valence electrons. The first kappa shape index (κ1) is 12.7. The summed E-state index contributed by atoms with van der Waals surface area (Å²) in [4.78, 5) is 27.8. The Morgan fingerprint density at radius 2 is 2.00 bits per heavy atom. The van der Waals surface area contributed by atoms with Gasteiger partial charge < -0.3 is 4.90 Å². The van der Waals surface area contributed by atoms with E-state index >= 15 is 0 Å². The van der Waals surface area contributed by atoms with E-state index in [0.29, 0.717) is 11.3 Å². The number of aryl methyl sites for hydroxylation is 1. The molecule has 3 amide bonds. The normalized spacial score (nSPS) is 20.2. The highest BCUT2D eigenvalue weighted by Gasteiger charge is 2.59. The Labute approximate surface area is 117 Å². The van der Waals surface area contributed by atoms with E-state index in [9.17, 15) is 9.59 Å². The molecule has 1 saturated carbocycles. The maximum Gasteiger partial charge on any atom is 0.332 e. The van der Waals surface area contributed by atoms with Crippen LogP contribution in [0.2, 0.25) is 0 Å². The van der Waals surface area contributed by atoms with Crippen LogP contribution in [0.15, 0.2) is 18.2 Å². The third-order valence-corrected chi connectivity index (χ3v) is 4.49. The predicted molar refractivity (Wildman–Crippen MR) is 73.1 cm³/mol. The van der Waals surface area contributed by atoms with Crippen molar-refractivity contribution < 1.29 is 9.59 Å². The van der Waals surface area contributed by atoms with Gasteiger partial charge in [0, 0.05) is 7.05 Å². The van der Waals surface area contributed by atoms with E-state index in [1.807, 2.05) is 0 Å². The van der Waals surface area contributed by atoms with Gasteiger partial charge in [-0.1, -0.05) is 0 Å². The van der Waals surface area contributed by atoms with Crippen molar-refractivity contribution in [3.8, 4) is 6.07 Å². The average molecular weight is 269 g/mol. The number of carbonyl (C=O) groups excluding carboxylic acids is 2. The van der Waals surface area contributed by atoms with Crippen molar-refractivity contribution in [3.05, 3.63) is 29.3 Å². The molecule has 0 radical (unpaired) electrons. The molecule has 0 aromatic heterocycles. The molecule has 1 aromatic carbocycles. The topological polar surface area (TPSA) is 64.4 Å². The smallest absolute Gasteiger partial charge is 0.312 e. The molecule has 0 bridgehead atoms. The first-order chi connectivity index (χ1) is 9.51. The van der Waals surface area contributed by atoms with E-state index in [0.717, 1.165) is 24.8 Å². The predicted octanol–water partition coefficient (Wildman–Crippen LogP) is 2.19. The summed E-state index contributed by atoms with van der Waals surface area (Å²) >= 11 is 0. The van der Waals surface area contributed by atoms with Gasteiger partial charge in [0.15, 0.2) is 0 Å². The number of anilines is 1. The zero-order chi connectivity index (χ0) is 14.5. The van der Waals surface area contributed by atoms with Gasteiger partial charge in [-0.25, -0.2) is 9.69 Å². The summed E-state index contributed by atoms with van der Waals surface area (Å²) in [5.41, 5.74) is 1.24. The molecule has 5 nitrogen and oxygen atoms in total. The number of benzene rings is 1. The number of urea groups is 1. The molecule has 2 aliphatic rings. The SMILES string of the molecule is Cc1cc(N2C(=O)N(C)C3(CCC3)C2=O)ccc1C#N. The molecule has 0 unspecified atom stereocenters. The van der Waals surface area contributed by atoms with Gasteiger partial charge in [0.25, 0.3) is 5.91 Å². The molecule has 1 saturated heterocycles. The Bertz CT molecular complexity index is 656. The molecule has 1 heterocycles. The van der Waals surface area contributed by atoms with Gasteiger partial charge in [-0.3, -0.25) is 4.79 Å². The number of hydrogen-bond acceptors (Lipinski definition) is 3. The molecule has 1 spiro atoms. The number of rotatable bonds is 1. The monoisotopic (exact) mass is 269 g/mol. The van der Waals surface area contributed by atoms with Gasteiger partial charge in [0.2, 0.25) is 0 Å². The van der Waals surface area contributed by atoms with Crippen molar-refractivity contribution in [2.75, 3.05) is 11.9 Å². The highest BCUT2D eigenvalue weighted by molar-refractivity contribution is 6.23. The van der Waals surface area contributed by atoms with Crippen LogP contribution < -0.4 is 4.90 Å². The third kappa shape index (κ3) is 1.42. The highest BCUT2D eigenvalue weighted by atomic mass is 16.2. The lowest BCUT2D eigenvalue weighted by Crippen LogP contribution is -2.53. The lowest BCUT2D eigenvalue weighted by Gasteiger charge is -2.40. The fourth-order valence-corrected chi connectivity index (χ4v) is 2.97. The molecule has 1 aliphatic heterocycles. The van der Waals surface area contributed by atoms with Crippen LogP contribution in [0.1, 0.15) is 30.4 Å². The standard InChI is InChI=1S/C15H15N3O2/c1-10-8-12(5-4-11(10)9-16)18-13(19)15(6-3-7-15)17(2)14(18)20/h4-5,8H,3,6-7H2,1-2H3. The number of imide groups is 1. The molecule has 0 atom stereocenters. The van der Waals surface area contributed by atoms with E-state index in [4.69, 9.17) is 5.26 Å². The van der Waals surface area contributed by atoms with E-state index < -0.39 is 5.54 Å². The van der Waals surface area contributed by atoms with Crippen molar-refractivity contribution in [2.45, 2.75) is 31.7 Å². The van der Waals surface area contributed by atoms with Crippen molar-refractivity contribution in [1.82, 2.24) is 4.90 Å². The fraction of sp³-hybridized carbons (Fsp3) is 0.400. The zero-order valence-electron chi connectivity index (χ0n) is 11.5. The minimum Gasteiger partial charge on any atom is -0.312 e. The number of nitriles is 1. The fourth-order valence-electron chi connectivity index (χ4n) is 2.97.